The Morgan fingerprint density at radius 3 is 2.17 bits per heavy atom. The first-order valence-corrected chi connectivity index (χ1v) is 18.9. The molecule has 1 aromatic rings. The molecule has 2 rings (SSSR count). The quantitative estimate of drug-likeness (QED) is 0.145. The number of aliphatic hydroxyl groups is 1. The van der Waals surface area contributed by atoms with Crippen molar-refractivity contribution in [1.29, 1.82) is 0 Å². The molecule has 236 valence electrons. The predicted molar refractivity (Wildman–Crippen MR) is 167 cm³/mol. The second-order valence-electron chi connectivity index (χ2n) is 12.8. The number of nitrogens with zero attached hydrogens (tertiary/aromatic N) is 1. The number of hydrogen-bond donors (Lipinski definition) is 1. The summed E-state index contributed by atoms with van der Waals surface area (Å²) in [5.41, 5.74) is 0.620. The second-order valence-corrected chi connectivity index (χ2v) is 21.0. The first kappa shape index (κ1) is 36.2. The van der Waals surface area contributed by atoms with E-state index in [2.05, 4.69) is 53.7 Å². The van der Waals surface area contributed by atoms with E-state index in [1.807, 2.05) is 39.0 Å². The maximum atomic E-state index is 13.7. The summed E-state index contributed by atoms with van der Waals surface area (Å²) in [5.74, 6) is 0. The Balaban J connectivity index is 2.46. The van der Waals surface area contributed by atoms with Gasteiger partial charge in [-0.3, -0.25) is 0 Å². The van der Waals surface area contributed by atoms with Gasteiger partial charge < -0.3 is 0 Å². The van der Waals surface area contributed by atoms with Crippen LogP contribution in [-0.4, -0.2) is 103 Å². The number of ether oxygens (including phenoxy) is 4. The molecule has 1 heterocycles. The summed E-state index contributed by atoms with van der Waals surface area (Å²) in [6.07, 6.45) is -0.366. The number of hydrogen-bond acceptors (Lipinski definition) is 7. The van der Waals surface area contributed by atoms with Crippen LogP contribution in [0.25, 0.3) is 0 Å². The van der Waals surface area contributed by atoms with Gasteiger partial charge in [0.1, 0.15) is 0 Å². The van der Waals surface area contributed by atoms with Gasteiger partial charge in [0, 0.05) is 0 Å². The molecule has 4 atom stereocenters. The summed E-state index contributed by atoms with van der Waals surface area (Å²) < 4.78 is 31.5. The Morgan fingerprint density at radius 1 is 1.05 bits per heavy atom. The van der Waals surface area contributed by atoms with Crippen LogP contribution in [0.5, 0.6) is 0 Å². The molecule has 0 aliphatic carbocycles. The van der Waals surface area contributed by atoms with Gasteiger partial charge in [0.05, 0.1) is 0 Å². The van der Waals surface area contributed by atoms with E-state index in [-0.39, 0.29) is 51.4 Å². The summed E-state index contributed by atoms with van der Waals surface area (Å²) in [6.45, 7) is 20.6. The fraction of sp³-hybridized carbons (Fsp3) is 0.774. The van der Waals surface area contributed by atoms with Gasteiger partial charge in [-0.25, -0.2) is 0 Å². The third kappa shape index (κ3) is 10.3. The molecular weight excluding hydrogens is 605 g/mol. The molecule has 1 aliphatic heterocycles. The molecule has 1 aromatic carbocycles. The molecule has 1 N–H and O–H groups in total. The first-order valence-electron chi connectivity index (χ1n) is 14.9. The molecule has 8 nitrogen and oxygen atoms in total. The molecule has 41 heavy (non-hydrogen) atoms. The van der Waals surface area contributed by atoms with E-state index in [4.69, 9.17) is 23.4 Å². The summed E-state index contributed by atoms with van der Waals surface area (Å²) >= 11 is -0.0991. The van der Waals surface area contributed by atoms with Crippen molar-refractivity contribution in [3.63, 3.8) is 0 Å². The molecule has 0 spiro atoms. The Morgan fingerprint density at radius 2 is 1.66 bits per heavy atom. The van der Waals surface area contributed by atoms with Crippen LogP contribution in [0.3, 0.4) is 0 Å². The van der Waals surface area contributed by atoms with Gasteiger partial charge in [-0.1, -0.05) is 0 Å². The number of likely N-dealkylation sites (tertiary alicyclic amines) is 1. The van der Waals surface area contributed by atoms with Gasteiger partial charge >= 0.3 is 257 Å². The fourth-order valence-electron chi connectivity index (χ4n) is 6.13. The summed E-state index contributed by atoms with van der Waals surface area (Å²) in [6, 6.07) is 9.83. The van der Waals surface area contributed by atoms with Crippen LogP contribution in [0.2, 0.25) is 21.4 Å². The van der Waals surface area contributed by atoms with Crippen LogP contribution in [-0.2, 0) is 23.4 Å². The van der Waals surface area contributed by atoms with Gasteiger partial charge in [-0.2, -0.15) is 0 Å². The van der Waals surface area contributed by atoms with Crippen molar-refractivity contribution in [3.05, 3.63) is 30.3 Å². The zero-order valence-corrected chi connectivity index (χ0v) is 29.6. The SMILES string of the molecule is COCCOCOC(C(CO)[Se]c1ccccc1)[C@@H]1C[C@@H](O[Si](C(C)C)(C(C)C)C(C)C)CN1C(=O)OC(C)(C)C. The average molecular weight is 661 g/mol. The molecule has 1 aliphatic rings. The predicted octanol–water partition coefficient (Wildman–Crippen LogP) is 5.37. The Kier molecular flexibility index (Phi) is 14.8. The van der Waals surface area contributed by atoms with Crippen molar-refractivity contribution >= 4 is 33.8 Å². The minimum absolute atomic E-state index is 0.0439. The van der Waals surface area contributed by atoms with Gasteiger partial charge in [0.15, 0.2) is 0 Å². The van der Waals surface area contributed by atoms with E-state index in [0.717, 1.165) is 4.46 Å². The van der Waals surface area contributed by atoms with Crippen LogP contribution < -0.4 is 4.46 Å². The first-order chi connectivity index (χ1) is 19.3. The van der Waals surface area contributed by atoms with Gasteiger partial charge in [0.2, 0.25) is 0 Å². The van der Waals surface area contributed by atoms with Crippen LogP contribution in [0.15, 0.2) is 30.3 Å². The van der Waals surface area contributed by atoms with Crippen LogP contribution in [0, 0.1) is 0 Å². The molecule has 1 saturated heterocycles. The van der Waals surface area contributed by atoms with E-state index in [1.54, 1.807) is 12.0 Å². The van der Waals surface area contributed by atoms with E-state index in [1.165, 1.54) is 0 Å². The van der Waals surface area contributed by atoms with Crippen LogP contribution in [0.4, 0.5) is 4.79 Å². The molecule has 0 radical (unpaired) electrons. The van der Waals surface area contributed by atoms with Crippen molar-refractivity contribution in [1.82, 2.24) is 4.90 Å². The van der Waals surface area contributed by atoms with Crippen LogP contribution in [0.1, 0.15) is 68.7 Å². The van der Waals surface area contributed by atoms with Crippen LogP contribution >= 0.6 is 0 Å². The van der Waals surface area contributed by atoms with E-state index in [0.29, 0.717) is 42.8 Å². The Labute approximate surface area is 256 Å². The fourth-order valence-corrected chi connectivity index (χ4v) is 14.1. The maximum absolute atomic E-state index is 13.7. The zero-order valence-electron chi connectivity index (χ0n) is 26.9. The molecule has 0 saturated carbocycles. The summed E-state index contributed by atoms with van der Waals surface area (Å²) in [5, 5.41) is 10.7. The number of carbonyl (C=O) groups is 1. The number of aliphatic hydroxyl groups excluding tert-OH is 1. The molecule has 0 aromatic heterocycles. The third-order valence-electron chi connectivity index (χ3n) is 7.74. The molecule has 1 amide bonds. The number of rotatable bonds is 16. The molecule has 0 bridgehead atoms. The minimum atomic E-state index is -2.21. The van der Waals surface area contributed by atoms with E-state index in [9.17, 15) is 9.90 Å². The van der Waals surface area contributed by atoms with Crippen molar-refractivity contribution in [2.45, 2.75) is 114 Å². The molecule has 1 fully saturated rings. The van der Waals surface area contributed by atoms with E-state index < -0.39 is 20.0 Å². The topological polar surface area (TPSA) is 86.7 Å². The van der Waals surface area contributed by atoms with E-state index >= 15 is 0 Å². The monoisotopic (exact) mass is 661 g/mol. The second kappa shape index (κ2) is 16.8. The van der Waals surface area contributed by atoms with Crippen molar-refractivity contribution < 1.29 is 33.3 Å². The molecule has 2 unspecified atom stereocenters. The Hall–Kier alpha value is -0.974. The van der Waals surface area contributed by atoms with Gasteiger partial charge in [-0.05, 0) is 0 Å². The van der Waals surface area contributed by atoms with Crippen molar-refractivity contribution in [3.8, 4) is 0 Å². The molecular formula is C31H55NO7SeSi. The Bertz CT molecular complexity index is 874. The number of carbonyl (C=O) groups excluding carboxylic acids is 1. The van der Waals surface area contributed by atoms with Crippen molar-refractivity contribution in [2.75, 3.05) is 40.3 Å². The standard InChI is InChI=1S/C31H55NO7SeSi/c1-22(2)41(23(3)4,24(5)6)39-25-18-27(32(19-25)30(34)38-31(7,8)9)29(37-21-36-17-16-35-10)28(20-33)40-26-14-12-11-13-15-26/h11-15,22-25,27-29,33H,16-21H2,1-10H3/t25-,27+,28?,29?/m1/s1. The average Bonchev–Trinajstić information content (AvgIpc) is 3.31. The number of benzene rings is 1. The summed E-state index contributed by atoms with van der Waals surface area (Å²) in [4.78, 5) is 15.3. The summed E-state index contributed by atoms with van der Waals surface area (Å²) in [7, 11) is -0.580. The number of methoxy groups -OCH3 is 1. The zero-order chi connectivity index (χ0) is 30.8. The van der Waals surface area contributed by atoms with Gasteiger partial charge in [0.25, 0.3) is 0 Å². The normalized spacial score (nSPS) is 19.8. The van der Waals surface area contributed by atoms with Gasteiger partial charge in [-0.15, -0.1) is 0 Å². The third-order valence-corrected chi connectivity index (χ3v) is 16.6. The molecule has 10 heteroatoms. The number of amides is 1. The van der Waals surface area contributed by atoms with Crippen molar-refractivity contribution in [2.24, 2.45) is 0 Å².